The van der Waals surface area contributed by atoms with Crippen LogP contribution in [-0.4, -0.2) is 25.6 Å². The number of benzene rings is 2. The summed E-state index contributed by atoms with van der Waals surface area (Å²) in [5, 5.41) is 2.96. The molecule has 1 amide bonds. The molecule has 1 N–H and O–H groups in total. The molecule has 4 rings (SSSR count). The van der Waals surface area contributed by atoms with E-state index in [1.165, 1.54) is 0 Å². The third kappa shape index (κ3) is 3.77. The van der Waals surface area contributed by atoms with Gasteiger partial charge in [0.15, 0.2) is 0 Å². The van der Waals surface area contributed by atoms with E-state index in [9.17, 15) is 9.59 Å². The van der Waals surface area contributed by atoms with E-state index in [0.717, 1.165) is 28.8 Å². The highest BCUT2D eigenvalue weighted by molar-refractivity contribution is 5.92. The van der Waals surface area contributed by atoms with E-state index in [4.69, 9.17) is 9.47 Å². The zero-order chi connectivity index (χ0) is 20.4. The number of anilines is 1. The fraction of sp³-hybridized carbons (Fsp3) is 0.333. The Bertz CT molecular complexity index is 967. The second-order valence-corrected chi connectivity index (χ2v) is 8.00. The molecule has 5 nitrogen and oxygen atoms in total. The van der Waals surface area contributed by atoms with Gasteiger partial charge in [-0.2, -0.15) is 0 Å². The Morgan fingerprint density at radius 1 is 1.28 bits per heavy atom. The molecule has 2 fully saturated rings. The van der Waals surface area contributed by atoms with Crippen molar-refractivity contribution < 1.29 is 19.1 Å². The Kier molecular flexibility index (Phi) is 5.14. The summed E-state index contributed by atoms with van der Waals surface area (Å²) in [6.07, 6.45) is 2.36. The lowest BCUT2D eigenvalue weighted by Crippen LogP contribution is -2.31. The summed E-state index contributed by atoms with van der Waals surface area (Å²) in [5.41, 5.74) is 3.19. The van der Waals surface area contributed by atoms with Crippen LogP contribution in [-0.2, 0) is 27.2 Å². The van der Waals surface area contributed by atoms with Gasteiger partial charge in [-0.1, -0.05) is 42.5 Å². The summed E-state index contributed by atoms with van der Waals surface area (Å²) in [5.74, 6) is 0.665. The number of carbonyl (C=O) groups excluding carboxylic acids is 2. The number of esters is 1. The van der Waals surface area contributed by atoms with E-state index >= 15 is 0 Å². The lowest BCUT2D eigenvalue weighted by Gasteiger charge is -2.24. The zero-order valence-corrected chi connectivity index (χ0v) is 16.6. The first-order valence-corrected chi connectivity index (χ1v) is 9.85. The molecule has 0 bridgehead atoms. The maximum absolute atomic E-state index is 12.5. The summed E-state index contributed by atoms with van der Waals surface area (Å²) >= 11 is 0. The first kappa shape index (κ1) is 19.2. The first-order chi connectivity index (χ1) is 14.0. The van der Waals surface area contributed by atoms with Gasteiger partial charge in [-0.25, -0.2) is 0 Å². The molecule has 2 unspecified atom stereocenters. The Hall–Kier alpha value is -3.08. The highest BCUT2D eigenvalue weighted by Crippen LogP contribution is 2.52. The van der Waals surface area contributed by atoms with Crippen molar-refractivity contribution in [3.05, 3.63) is 71.8 Å². The monoisotopic (exact) mass is 391 g/mol. The first-order valence-electron chi connectivity index (χ1n) is 9.85. The fourth-order valence-electron chi connectivity index (χ4n) is 4.61. The quantitative estimate of drug-likeness (QED) is 0.599. The van der Waals surface area contributed by atoms with E-state index in [-0.39, 0.29) is 24.2 Å². The number of amides is 1. The number of methoxy groups -OCH3 is 1. The fourth-order valence-corrected chi connectivity index (χ4v) is 4.61. The van der Waals surface area contributed by atoms with E-state index in [1.807, 2.05) is 48.5 Å². The van der Waals surface area contributed by atoms with Crippen LogP contribution in [0.15, 0.2) is 60.7 Å². The van der Waals surface area contributed by atoms with Gasteiger partial charge in [0.25, 0.3) is 0 Å². The molecule has 1 heterocycles. The highest BCUT2D eigenvalue weighted by atomic mass is 16.5. The lowest BCUT2D eigenvalue weighted by molar-refractivity contribution is -0.146. The topological polar surface area (TPSA) is 64.6 Å². The smallest absolute Gasteiger partial charge is 0.313 e. The Balaban J connectivity index is 1.47. The summed E-state index contributed by atoms with van der Waals surface area (Å²) in [6, 6.07) is 15.2. The largest absolute Gasteiger partial charge is 0.496 e. The van der Waals surface area contributed by atoms with Gasteiger partial charge in [0.2, 0.25) is 5.91 Å². The van der Waals surface area contributed by atoms with E-state index in [2.05, 4.69) is 11.9 Å². The number of hydrogen-bond donors (Lipinski definition) is 1. The molecule has 2 aliphatic rings. The van der Waals surface area contributed by atoms with Crippen molar-refractivity contribution in [2.24, 2.45) is 11.3 Å². The molecular formula is C24H25NO4. The number of rotatable bonds is 6. The molecule has 29 heavy (non-hydrogen) atoms. The normalized spacial score (nSPS) is 22.9. The number of cyclic esters (lactones) is 1. The van der Waals surface area contributed by atoms with Crippen LogP contribution in [0.5, 0.6) is 5.75 Å². The van der Waals surface area contributed by atoms with Crippen LogP contribution in [0, 0.1) is 11.3 Å². The highest BCUT2D eigenvalue weighted by Gasteiger charge is 2.55. The van der Waals surface area contributed by atoms with Crippen LogP contribution in [0.3, 0.4) is 0 Å². The van der Waals surface area contributed by atoms with Gasteiger partial charge in [-0.15, -0.1) is 0 Å². The maximum atomic E-state index is 12.5. The van der Waals surface area contributed by atoms with Crippen LogP contribution in [0.4, 0.5) is 5.69 Å². The molecular weight excluding hydrogens is 366 g/mol. The Labute approximate surface area is 170 Å². The van der Waals surface area contributed by atoms with Crippen molar-refractivity contribution in [2.45, 2.75) is 25.7 Å². The minimum Gasteiger partial charge on any atom is -0.496 e. The number of nitrogens with one attached hydrogen (secondary N) is 1. The second kappa shape index (κ2) is 7.74. The van der Waals surface area contributed by atoms with Gasteiger partial charge >= 0.3 is 5.97 Å². The zero-order valence-electron chi connectivity index (χ0n) is 16.6. The van der Waals surface area contributed by atoms with E-state index in [0.29, 0.717) is 25.2 Å². The summed E-state index contributed by atoms with van der Waals surface area (Å²) in [4.78, 5) is 25.0. The van der Waals surface area contributed by atoms with Crippen LogP contribution in [0.2, 0.25) is 0 Å². The van der Waals surface area contributed by atoms with Gasteiger partial charge < -0.3 is 14.8 Å². The molecule has 0 radical (unpaired) electrons. The minimum absolute atomic E-state index is 0.114. The van der Waals surface area contributed by atoms with Crippen molar-refractivity contribution in [3.8, 4) is 5.75 Å². The van der Waals surface area contributed by atoms with Crippen LogP contribution in [0.25, 0.3) is 0 Å². The third-order valence-corrected chi connectivity index (χ3v) is 5.98. The molecule has 2 atom stereocenters. The average Bonchev–Trinajstić information content (AvgIpc) is 3.16. The summed E-state index contributed by atoms with van der Waals surface area (Å²) in [7, 11) is 1.60. The SMILES string of the molecule is C=C1CC2COC(=O)C2(Cc2cccc(NC(=O)Cc3ccccc3OC)c2)C1. The molecule has 1 aliphatic carbocycles. The molecule has 1 saturated heterocycles. The van der Waals surface area contributed by atoms with Crippen molar-refractivity contribution in [1.82, 2.24) is 0 Å². The van der Waals surface area contributed by atoms with Gasteiger partial charge in [0.05, 0.1) is 25.6 Å². The van der Waals surface area contributed by atoms with Crippen molar-refractivity contribution in [3.63, 3.8) is 0 Å². The van der Waals surface area contributed by atoms with Crippen molar-refractivity contribution >= 4 is 17.6 Å². The molecule has 150 valence electrons. The predicted octanol–water partition coefficient (Wildman–Crippen LogP) is 3.93. The van der Waals surface area contributed by atoms with Gasteiger partial charge in [-0.05, 0) is 43.0 Å². The van der Waals surface area contributed by atoms with E-state index < -0.39 is 5.41 Å². The van der Waals surface area contributed by atoms with Crippen LogP contribution < -0.4 is 10.1 Å². The van der Waals surface area contributed by atoms with Crippen molar-refractivity contribution in [2.75, 3.05) is 19.0 Å². The van der Waals surface area contributed by atoms with Gasteiger partial charge in [0, 0.05) is 17.2 Å². The summed E-state index contributed by atoms with van der Waals surface area (Å²) in [6.45, 7) is 4.57. The van der Waals surface area contributed by atoms with Gasteiger partial charge in [-0.3, -0.25) is 9.59 Å². The Morgan fingerprint density at radius 2 is 2.10 bits per heavy atom. The number of hydrogen-bond acceptors (Lipinski definition) is 4. The lowest BCUT2D eigenvalue weighted by atomic mass is 9.75. The van der Waals surface area contributed by atoms with Crippen molar-refractivity contribution in [1.29, 1.82) is 0 Å². The molecule has 1 saturated carbocycles. The number of para-hydroxylation sites is 1. The van der Waals surface area contributed by atoms with E-state index in [1.54, 1.807) is 7.11 Å². The molecule has 5 heteroatoms. The molecule has 0 spiro atoms. The maximum Gasteiger partial charge on any atom is 0.313 e. The Morgan fingerprint density at radius 3 is 2.93 bits per heavy atom. The second-order valence-electron chi connectivity index (χ2n) is 8.00. The predicted molar refractivity (Wildman–Crippen MR) is 111 cm³/mol. The van der Waals surface area contributed by atoms with Crippen LogP contribution >= 0.6 is 0 Å². The molecule has 0 aromatic heterocycles. The number of allylic oxidation sites excluding steroid dienone is 1. The number of ether oxygens (including phenoxy) is 2. The van der Waals surface area contributed by atoms with Gasteiger partial charge in [0.1, 0.15) is 5.75 Å². The average molecular weight is 391 g/mol. The molecule has 2 aromatic carbocycles. The molecule has 1 aliphatic heterocycles. The molecule has 2 aromatic rings. The number of carbonyl (C=O) groups is 2. The summed E-state index contributed by atoms with van der Waals surface area (Å²) < 4.78 is 10.7. The minimum atomic E-state index is -0.503. The standard InChI is InChI=1S/C24H25NO4/c1-16-10-19-15-29-23(27)24(19,13-16)14-17-6-5-8-20(11-17)25-22(26)12-18-7-3-4-9-21(18)28-2/h3-9,11,19H,1,10,12-15H2,2H3,(H,25,26). The third-order valence-electron chi connectivity index (χ3n) is 5.98. The number of fused-ring (bicyclic) bond motifs is 1. The van der Waals surface area contributed by atoms with Crippen LogP contribution in [0.1, 0.15) is 24.0 Å².